The molecule has 2 aliphatic rings. The second kappa shape index (κ2) is 9.69. The normalized spacial score (nSPS) is 21.4. The molecule has 2 fully saturated rings. The number of piperidine rings is 1. The van der Waals surface area contributed by atoms with Gasteiger partial charge in [-0.25, -0.2) is 0 Å². The number of unbranched alkanes of at least 4 members (excludes halogenated alkanes) is 1. The molecule has 2 heterocycles. The number of hydrogen-bond donors (Lipinski definition) is 1. The summed E-state index contributed by atoms with van der Waals surface area (Å²) in [6, 6.07) is 7.26. The smallest absolute Gasteiger partial charge is 0.254 e. The fraction of sp³-hybridized carbons (Fsp3) is 0.619. The van der Waals surface area contributed by atoms with E-state index in [4.69, 9.17) is 0 Å². The lowest BCUT2D eigenvalue weighted by molar-refractivity contribution is -0.125. The minimum atomic E-state index is -0.334. The second-order valence-corrected chi connectivity index (χ2v) is 8.56. The van der Waals surface area contributed by atoms with Crippen LogP contribution in [0.15, 0.2) is 28.7 Å². The zero-order valence-corrected chi connectivity index (χ0v) is 17.7. The molecular weight excluding hydrogens is 406 g/mol. The predicted octanol–water partition coefficient (Wildman–Crippen LogP) is 3.43. The van der Waals surface area contributed by atoms with Gasteiger partial charge in [-0.05, 0) is 62.9 Å². The van der Waals surface area contributed by atoms with Gasteiger partial charge in [-0.3, -0.25) is 9.59 Å². The van der Waals surface area contributed by atoms with Crippen molar-refractivity contribution < 1.29 is 9.59 Å². The molecule has 3 rings (SSSR count). The van der Waals surface area contributed by atoms with Crippen molar-refractivity contribution in [3.63, 3.8) is 0 Å². The standard InChI is InChI=1S/C21H30BrN3O2/c1-2-3-12-24-14-10-18(11-15-24)23-20(26)19-5-4-13-25(19)21(27)16-6-8-17(22)9-7-16/h6-9,18-19H,2-5,10-15H2,1H3,(H,23,26). The van der Waals surface area contributed by atoms with Gasteiger partial charge in [0.25, 0.3) is 5.91 Å². The van der Waals surface area contributed by atoms with Crippen molar-refractivity contribution >= 4 is 27.7 Å². The Bertz CT molecular complexity index is 641. The van der Waals surface area contributed by atoms with E-state index in [9.17, 15) is 9.59 Å². The van der Waals surface area contributed by atoms with Gasteiger partial charge in [0.1, 0.15) is 6.04 Å². The zero-order chi connectivity index (χ0) is 19.2. The van der Waals surface area contributed by atoms with E-state index in [2.05, 4.69) is 33.1 Å². The third-order valence-electron chi connectivity index (χ3n) is 5.67. The molecule has 0 radical (unpaired) electrons. The maximum absolute atomic E-state index is 12.8. The Morgan fingerprint density at radius 3 is 2.48 bits per heavy atom. The number of halogens is 1. The van der Waals surface area contributed by atoms with Crippen LogP contribution in [0.4, 0.5) is 0 Å². The van der Waals surface area contributed by atoms with Crippen molar-refractivity contribution in [3.05, 3.63) is 34.3 Å². The van der Waals surface area contributed by atoms with Gasteiger partial charge in [0.05, 0.1) is 0 Å². The van der Waals surface area contributed by atoms with Gasteiger partial charge in [-0.15, -0.1) is 0 Å². The summed E-state index contributed by atoms with van der Waals surface area (Å²) in [6.07, 6.45) is 6.11. The van der Waals surface area contributed by atoms with Crippen LogP contribution in [-0.4, -0.2) is 59.9 Å². The number of benzene rings is 1. The molecule has 2 saturated heterocycles. The molecule has 0 spiro atoms. The number of amides is 2. The summed E-state index contributed by atoms with van der Waals surface area (Å²) >= 11 is 3.39. The molecule has 1 atom stereocenters. The first kappa shape index (κ1) is 20.3. The Balaban J connectivity index is 1.53. The third kappa shape index (κ3) is 5.32. The van der Waals surface area contributed by atoms with Gasteiger partial charge in [-0.2, -0.15) is 0 Å². The topological polar surface area (TPSA) is 52.7 Å². The fourth-order valence-corrected chi connectivity index (χ4v) is 4.28. The molecule has 2 amide bonds. The molecule has 0 aliphatic carbocycles. The molecule has 0 aromatic heterocycles. The molecule has 1 unspecified atom stereocenters. The van der Waals surface area contributed by atoms with E-state index in [-0.39, 0.29) is 23.9 Å². The molecule has 1 aromatic carbocycles. The zero-order valence-electron chi connectivity index (χ0n) is 16.1. The van der Waals surface area contributed by atoms with Crippen molar-refractivity contribution in [3.8, 4) is 0 Å². The molecule has 1 N–H and O–H groups in total. The third-order valence-corrected chi connectivity index (χ3v) is 6.20. The molecule has 1 aromatic rings. The molecule has 6 heteroatoms. The Morgan fingerprint density at radius 2 is 1.81 bits per heavy atom. The first-order valence-electron chi connectivity index (χ1n) is 10.2. The number of hydrogen-bond acceptors (Lipinski definition) is 3. The summed E-state index contributed by atoms with van der Waals surface area (Å²) < 4.78 is 0.944. The number of carbonyl (C=O) groups excluding carboxylic acids is 2. The summed E-state index contributed by atoms with van der Waals surface area (Å²) in [4.78, 5) is 29.9. The summed E-state index contributed by atoms with van der Waals surface area (Å²) in [5.41, 5.74) is 0.641. The highest BCUT2D eigenvalue weighted by atomic mass is 79.9. The average Bonchev–Trinajstić information content (AvgIpc) is 3.17. The number of carbonyl (C=O) groups is 2. The molecule has 0 saturated carbocycles. The molecule has 5 nitrogen and oxygen atoms in total. The molecule has 148 valence electrons. The maximum Gasteiger partial charge on any atom is 0.254 e. The van der Waals surface area contributed by atoms with Crippen LogP contribution < -0.4 is 5.32 Å². The molecule has 2 aliphatic heterocycles. The van der Waals surface area contributed by atoms with Crippen LogP contribution in [0.3, 0.4) is 0 Å². The van der Waals surface area contributed by atoms with Gasteiger partial charge >= 0.3 is 0 Å². The van der Waals surface area contributed by atoms with Gasteiger partial charge in [0, 0.05) is 35.7 Å². The van der Waals surface area contributed by atoms with Gasteiger partial charge in [0.2, 0.25) is 5.91 Å². The Kier molecular flexibility index (Phi) is 7.30. The van der Waals surface area contributed by atoms with Crippen LogP contribution in [0.5, 0.6) is 0 Å². The lowest BCUT2D eigenvalue weighted by Gasteiger charge is -2.33. The van der Waals surface area contributed by atoms with E-state index in [1.807, 2.05) is 24.3 Å². The summed E-state index contributed by atoms with van der Waals surface area (Å²) in [6.45, 7) is 6.14. The molecule has 0 bridgehead atoms. The minimum absolute atomic E-state index is 0.0185. The van der Waals surface area contributed by atoms with Crippen LogP contribution in [0.2, 0.25) is 0 Å². The highest BCUT2D eigenvalue weighted by Crippen LogP contribution is 2.22. The monoisotopic (exact) mass is 435 g/mol. The number of likely N-dealkylation sites (tertiary alicyclic amines) is 2. The van der Waals surface area contributed by atoms with E-state index in [1.54, 1.807) is 4.90 Å². The van der Waals surface area contributed by atoms with Crippen molar-refractivity contribution in [1.82, 2.24) is 15.1 Å². The van der Waals surface area contributed by atoms with E-state index in [1.165, 1.54) is 12.8 Å². The maximum atomic E-state index is 12.8. The summed E-state index contributed by atoms with van der Waals surface area (Å²) in [5, 5.41) is 3.22. The van der Waals surface area contributed by atoms with Gasteiger partial charge in [0.15, 0.2) is 0 Å². The highest BCUT2D eigenvalue weighted by Gasteiger charge is 2.35. The Labute approximate surface area is 170 Å². The summed E-state index contributed by atoms with van der Waals surface area (Å²) in [7, 11) is 0. The quantitative estimate of drug-likeness (QED) is 0.744. The SMILES string of the molecule is CCCCN1CCC(NC(=O)C2CCCN2C(=O)c2ccc(Br)cc2)CC1. The highest BCUT2D eigenvalue weighted by molar-refractivity contribution is 9.10. The second-order valence-electron chi connectivity index (χ2n) is 7.64. The van der Waals surface area contributed by atoms with Crippen LogP contribution in [0.1, 0.15) is 55.8 Å². The lowest BCUT2D eigenvalue weighted by atomic mass is 10.0. The molecule has 27 heavy (non-hydrogen) atoms. The predicted molar refractivity (Wildman–Crippen MR) is 111 cm³/mol. The van der Waals surface area contributed by atoms with E-state index < -0.39 is 0 Å². The lowest BCUT2D eigenvalue weighted by Crippen LogP contribution is -2.51. The molecular formula is C21H30BrN3O2. The Hall–Kier alpha value is -1.40. The number of rotatable bonds is 6. The number of nitrogens with one attached hydrogen (secondary N) is 1. The van der Waals surface area contributed by atoms with E-state index >= 15 is 0 Å². The van der Waals surface area contributed by atoms with Crippen molar-refractivity contribution in [2.45, 2.75) is 57.5 Å². The number of nitrogens with zero attached hydrogens (tertiary/aromatic N) is 2. The van der Waals surface area contributed by atoms with Crippen LogP contribution in [0, 0.1) is 0 Å². The first-order chi connectivity index (χ1) is 13.1. The van der Waals surface area contributed by atoms with Crippen molar-refractivity contribution in [2.24, 2.45) is 0 Å². The minimum Gasteiger partial charge on any atom is -0.351 e. The van der Waals surface area contributed by atoms with Crippen LogP contribution in [-0.2, 0) is 4.79 Å². The average molecular weight is 436 g/mol. The van der Waals surface area contributed by atoms with E-state index in [0.29, 0.717) is 12.1 Å². The van der Waals surface area contributed by atoms with Crippen molar-refractivity contribution in [1.29, 1.82) is 0 Å². The van der Waals surface area contributed by atoms with Crippen LogP contribution in [0.25, 0.3) is 0 Å². The fourth-order valence-electron chi connectivity index (χ4n) is 4.02. The summed E-state index contributed by atoms with van der Waals surface area (Å²) in [5.74, 6) is -0.0282. The van der Waals surface area contributed by atoms with Gasteiger partial charge < -0.3 is 15.1 Å². The van der Waals surface area contributed by atoms with Gasteiger partial charge in [-0.1, -0.05) is 29.3 Å². The first-order valence-corrected chi connectivity index (χ1v) is 11.0. The Morgan fingerprint density at radius 1 is 1.11 bits per heavy atom. The van der Waals surface area contributed by atoms with Crippen molar-refractivity contribution in [2.75, 3.05) is 26.2 Å². The van der Waals surface area contributed by atoms with Crippen LogP contribution >= 0.6 is 15.9 Å². The van der Waals surface area contributed by atoms with E-state index in [0.717, 1.165) is 49.8 Å². The largest absolute Gasteiger partial charge is 0.351 e.